The first kappa shape index (κ1) is 29.8. The third-order valence-corrected chi connectivity index (χ3v) is 5.94. The largest absolute Gasteiger partial charge is 0.394 e. The monoisotopic (exact) mass is 432 g/mol. The molecule has 0 saturated heterocycles. The number of hydrogen-bond donors (Lipinski definition) is 4. The van der Waals surface area contributed by atoms with Crippen molar-refractivity contribution in [1.82, 2.24) is 0 Å². The van der Waals surface area contributed by atoms with Gasteiger partial charge in [-0.2, -0.15) is 0 Å². The van der Waals surface area contributed by atoms with Crippen LogP contribution in [0.1, 0.15) is 122 Å². The minimum absolute atomic E-state index is 0.168. The highest BCUT2D eigenvalue weighted by atomic mass is 16.5. The van der Waals surface area contributed by atoms with E-state index >= 15 is 0 Å². The summed E-state index contributed by atoms with van der Waals surface area (Å²) in [6, 6.07) is 0. The minimum Gasteiger partial charge on any atom is -0.394 e. The van der Waals surface area contributed by atoms with Gasteiger partial charge in [0.25, 0.3) is 0 Å². The molecule has 0 bridgehead atoms. The first-order valence-corrected chi connectivity index (χ1v) is 12.8. The molecule has 0 amide bonds. The van der Waals surface area contributed by atoms with E-state index in [0.29, 0.717) is 19.4 Å². The molecule has 182 valence electrons. The Hall–Kier alpha value is -0.200. The quantitative estimate of drug-likeness (QED) is 0.159. The van der Waals surface area contributed by atoms with Crippen molar-refractivity contribution >= 4 is 0 Å². The lowest BCUT2D eigenvalue weighted by molar-refractivity contribution is -0.0675. The highest BCUT2D eigenvalue weighted by Gasteiger charge is 2.18. The standard InChI is InChI=1S/C25H52O5/c1-2-3-4-5-6-7-8-9-10-11-12-13-14-15-19-24(29)25(22-27)30-20-17-16-18-23(28)21-26/h23-29H,2-22H2,1H3. The Kier molecular flexibility index (Phi) is 23.3. The highest BCUT2D eigenvalue weighted by Crippen LogP contribution is 2.15. The van der Waals surface area contributed by atoms with Crippen molar-refractivity contribution in [3.63, 3.8) is 0 Å². The summed E-state index contributed by atoms with van der Waals surface area (Å²) in [7, 11) is 0. The van der Waals surface area contributed by atoms with E-state index < -0.39 is 18.3 Å². The lowest BCUT2D eigenvalue weighted by atomic mass is 10.0. The number of hydrogen-bond acceptors (Lipinski definition) is 5. The van der Waals surface area contributed by atoms with E-state index in [0.717, 1.165) is 25.7 Å². The van der Waals surface area contributed by atoms with E-state index in [1.807, 2.05) is 0 Å². The molecule has 0 heterocycles. The van der Waals surface area contributed by atoms with E-state index in [-0.39, 0.29) is 13.2 Å². The highest BCUT2D eigenvalue weighted by molar-refractivity contribution is 4.68. The molecule has 4 N–H and O–H groups in total. The predicted molar refractivity (Wildman–Crippen MR) is 125 cm³/mol. The second-order valence-corrected chi connectivity index (χ2v) is 8.88. The van der Waals surface area contributed by atoms with Crippen molar-refractivity contribution in [3.05, 3.63) is 0 Å². The number of aliphatic hydroxyl groups is 4. The maximum atomic E-state index is 10.2. The van der Waals surface area contributed by atoms with Gasteiger partial charge in [-0.3, -0.25) is 0 Å². The molecular weight excluding hydrogens is 380 g/mol. The third-order valence-electron chi connectivity index (χ3n) is 5.94. The summed E-state index contributed by atoms with van der Waals surface area (Å²) in [5.41, 5.74) is 0. The summed E-state index contributed by atoms with van der Waals surface area (Å²) in [6.45, 7) is 2.35. The van der Waals surface area contributed by atoms with Gasteiger partial charge < -0.3 is 25.2 Å². The van der Waals surface area contributed by atoms with Crippen LogP contribution in [0.2, 0.25) is 0 Å². The summed E-state index contributed by atoms with van der Waals surface area (Å²) in [5.74, 6) is 0. The Morgan fingerprint density at radius 3 is 1.50 bits per heavy atom. The zero-order valence-electron chi connectivity index (χ0n) is 19.8. The predicted octanol–water partition coefficient (Wildman–Crippen LogP) is 5.12. The van der Waals surface area contributed by atoms with Gasteiger partial charge in [-0.05, 0) is 25.7 Å². The molecule has 5 heteroatoms. The second-order valence-electron chi connectivity index (χ2n) is 8.88. The maximum absolute atomic E-state index is 10.2. The molecule has 0 rings (SSSR count). The fourth-order valence-electron chi connectivity index (χ4n) is 3.83. The van der Waals surface area contributed by atoms with Crippen LogP contribution in [-0.2, 0) is 4.74 Å². The van der Waals surface area contributed by atoms with Gasteiger partial charge in [-0.15, -0.1) is 0 Å². The number of rotatable bonds is 24. The van der Waals surface area contributed by atoms with Crippen LogP contribution in [0.3, 0.4) is 0 Å². The first-order valence-electron chi connectivity index (χ1n) is 12.8. The summed E-state index contributed by atoms with van der Waals surface area (Å²) < 4.78 is 5.59. The van der Waals surface area contributed by atoms with Gasteiger partial charge in [-0.1, -0.05) is 96.8 Å². The first-order chi connectivity index (χ1) is 14.7. The van der Waals surface area contributed by atoms with Crippen LogP contribution in [0.5, 0.6) is 0 Å². The maximum Gasteiger partial charge on any atom is 0.106 e. The van der Waals surface area contributed by atoms with Crippen molar-refractivity contribution in [2.75, 3.05) is 19.8 Å². The van der Waals surface area contributed by atoms with Gasteiger partial charge in [-0.25, -0.2) is 0 Å². The third kappa shape index (κ3) is 19.7. The Labute approximate surface area is 186 Å². The smallest absolute Gasteiger partial charge is 0.106 e. The van der Waals surface area contributed by atoms with Gasteiger partial charge in [0, 0.05) is 6.61 Å². The van der Waals surface area contributed by atoms with E-state index in [2.05, 4.69) is 6.92 Å². The average Bonchev–Trinajstić information content (AvgIpc) is 2.76. The summed E-state index contributed by atoms with van der Waals surface area (Å²) in [6.07, 6.45) is 19.3. The normalized spacial score (nSPS) is 14.7. The van der Waals surface area contributed by atoms with Crippen molar-refractivity contribution in [1.29, 1.82) is 0 Å². The van der Waals surface area contributed by atoms with Gasteiger partial charge in [0.1, 0.15) is 6.10 Å². The molecule has 0 saturated carbocycles. The Morgan fingerprint density at radius 1 is 0.567 bits per heavy atom. The lowest BCUT2D eigenvalue weighted by Crippen LogP contribution is -2.32. The second kappa shape index (κ2) is 23.5. The van der Waals surface area contributed by atoms with Gasteiger partial charge >= 0.3 is 0 Å². The lowest BCUT2D eigenvalue weighted by Gasteiger charge is -2.21. The number of aliphatic hydroxyl groups excluding tert-OH is 4. The number of ether oxygens (including phenoxy) is 1. The molecule has 0 aromatic carbocycles. The molecule has 0 fully saturated rings. The fraction of sp³-hybridized carbons (Fsp3) is 1.00. The van der Waals surface area contributed by atoms with Crippen LogP contribution in [0, 0.1) is 0 Å². The van der Waals surface area contributed by atoms with Crippen molar-refractivity contribution in [3.8, 4) is 0 Å². The van der Waals surface area contributed by atoms with Crippen LogP contribution in [-0.4, -0.2) is 58.6 Å². The van der Waals surface area contributed by atoms with E-state index in [1.54, 1.807) is 0 Å². The van der Waals surface area contributed by atoms with Crippen LogP contribution in [0.25, 0.3) is 0 Å². The van der Waals surface area contributed by atoms with Gasteiger partial charge in [0.05, 0.1) is 25.4 Å². The topological polar surface area (TPSA) is 90.2 Å². The molecule has 0 radical (unpaired) electrons. The Bertz CT molecular complexity index is 327. The molecule has 5 nitrogen and oxygen atoms in total. The summed E-state index contributed by atoms with van der Waals surface area (Å²) in [4.78, 5) is 0. The van der Waals surface area contributed by atoms with Crippen molar-refractivity contribution in [2.45, 2.75) is 141 Å². The fourth-order valence-corrected chi connectivity index (χ4v) is 3.83. The minimum atomic E-state index is -0.662. The Morgan fingerprint density at radius 2 is 1.03 bits per heavy atom. The molecule has 0 aliphatic carbocycles. The molecule has 0 aromatic heterocycles. The molecule has 0 aliphatic heterocycles. The molecule has 3 unspecified atom stereocenters. The van der Waals surface area contributed by atoms with E-state index in [4.69, 9.17) is 9.84 Å². The van der Waals surface area contributed by atoms with Crippen LogP contribution in [0.4, 0.5) is 0 Å². The molecular formula is C25H52O5. The molecule has 0 aliphatic rings. The zero-order valence-corrected chi connectivity index (χ0v) is 19.8. The Balaban J connectivity index is 3.44. The number of unbranched alkanes of at least 4 members (excludes halogenated alkanes) is 14. The van der Waals surface area contributed by atoms with Crippen molar-refractivity contribution < 1.29 is 25.2 Å². The van der Waals surface area contributed by atoms with E-state index in [1.165, 1.54) is 77.0 Å². The summed E-state index contributed by atoms with van der Waals surface area (Å²) >= 11 is 0. The van der Waals surface area contributed by atoms with Crippen LogP contribution < -0.4 is 0 Å². The van der Waals surface area contributed by atoms with Crippen LogP contribution in [0.15, 0.2) is 0 Å². The zero-order chi connectivity index (χ0) is 22.3. The SMILES string of the molecule is CCCCCCCCCCCCCCCCC(O)C(CO)OCCCCC(O)CO. The molecule has 3 atom stereocenters. The van der Waals surface area contributed by atoms with Gasteiger partial charge in [0.15, 0.2) is 0 Å². The summed E-state index contributed by atoms with van der Waals surface area (Å²) in [5, 5.41) is 37.7. The van der Waals surface area contributed by atoms with Crippen molar-refractivity contribution in [2.24, 2.45) is 0 Å². The van der Waals surface area contributed by atoms with Crippen LogP contribution >= 0.6 is 0 Å². The average molecular weight is 433 g/mol. The van der Waals surface area contributed by atoms with Gasteiger partial charge in [0.2, 0.25) is 0 Å². The molecule has 30 heavy (non-hydrogen) atoms. The van der Waals surface area contributed by atoms with E-state index in [9.17, 15) is 15.3 Å². The molecule has 0 aromatic rings. The molecule has 0 spiro atoms.